The van der Waals surface area contributed by atoms with Gasteiger partial charge in [-0.05, 0) is 11.1 Å². The Balaban J connectivity index is 1.71. The summed E-state index contributed by atoms with van der Waals surface area (Å²) in [5.74, 6) is 0. The minimum absolute atomic E-state index is 0.123. The highest BCUT2D eigenvalue weighted by molar-refractivity contribution is 5.87. The number of benzene rings is 1. The topological polar surface area (TPSA) is 87.4 Å². The van der Waals surface area contributed by atoms with Crippen LogP contribution < -0.4 is 10.6 Å². The lowest BCUT2D eigenvalue weighted by molar-refractivity contribution is 0.144. The molecule has 1 heterocycles. The molecule has 98 valence electrons. The fourth-order valence-electron chi connectivity index (χ4n) is 2.31. The lowest BCUT2D eigenvalue weighted by atomic mass is 10.1. The van der Waals surface area contributed by atoms with Crippen LogP contribution in [0.1, 0.15) is 17.2 Å². The summed E-state index contributed by atoms with van der Waals surface area (Å²) in [5, 5.41) is 15.2. The Hall–Kier alpha value is -2.34. The van der Waals surface area contributed by atoms with E-state index in [1.807, 2.05) is 24.3 Å². The molecule has 0 aliphatic heterocycles. The smallest absolute Gasteiger partial charge is 0.323 e. The third-order valence-corrected chi connectivity index (χ3v) is 3.14. The third-order valence-electron chi connectivity index (χ3n) is 3.14. The van der Waals surface area contributed by atoms with Crippen molar-refractivity contribution in [2.75, 3.05) is 5.32 Å². The Morgan fingerprint density at radius 3 is 3.05 bits per heavy atom. The van der Waals surface area contributed by atoms with Gasteiger partial charge in [0.25, 0.3) is 0 Å². The molecule has 0 saturated heterocycles. The maximum absolute atomic E-state index is 11.8. The van der Waals surface area contributed by atoms with E-state index in [0.717, 1.165) is 11.1 Å². The van der Waals surface area contributed by atoms with E-state index in [2.05, 4.69) is 15.6 Å². The van der Waals surface area contributed by atoms with E-state index in [9.17, 15) is 9.90 Å². The molecule has 0 fully saturated rings. The summed E-state index contributed by atoms with van der Waals surface area (Å²) >= 11 is 0. The van der Waals surface area contributed by atoms with Gasteiger partial charge >= 0.3 is 12.0 Å². The Labute approximate surface area is 109 Å². The van der Waals surface area contributed by atoms with E-state index in [4.69, 9.17) is 4.42 Å². The van der Waals surface area contributed by atoms with Gasteiger partial charge in [0.15, 0.2) is 0 Å². The van der Waals surface area contributed by atoms with Crippen LogP contribution in [0.3, 0.4) is 0 Å². The van der Waals surface area contributed by atoms with Crippen molar-refractivity contribution >= 4 is 12.0 Å². The van der Waals surface area contributed by atoms with Gasteiger partial charge in [-0.25, -0.2) is 9.78 Å². The molecule has 0 saturated carbocycles. The first-order valence-corrected chi connectivity index (χ1v) is 5.97. The first-order valence-electron chi connectivity index (χ1n) is 5.97. The zero-order chi connectivity index (χ0) is 13.2. The number of hydrogen-bond donors (Lipinski definition) is 3. The molecule has 1 aromatic heterocycles. The second-order valence-electron chi connectivity index (χ2n) is 4.38. The van der Waals surface area contributed by atoms with Crippen molar-refractivity contribution < 1.29 is 14.3 Å². The zero-order valence-corrected chi connectivity index (χ0v) is 10.0. The van der Waals surface area contributed by atoms with Gasteiger partial charge in [0.05, 0.1) is 18.3 Å². The minimum Gasteiger partial charge on any atom is -0.432 e. The number of hydrogen-bond acceptors (Lipinski definition) is 4. The quantitative estimate of drug-likeness (QED) is 0.761. The van der Waals surface area contributed by atoms with Crippen LogP contribution in [0.25, 0.3) is 0 Å². The van der Waals surface area contributed by atoms with E-state index in [1.54, 1.807) is 0 Å². The van der Waals surface area contributed by atoms with Crippen molar-refractivity contribution in [2.45, 2.75) is 18.6 Å². The van der Waals surface area contributed by atoms with Crippen molar-refractivity contribution in [3.63, 3.8) is 0 Å². The molecule has 0 unspecified atom stereocenters. The van der Waals surface area contributed by atoms with Crippen molar-refractivity contribution in [3.8, 4) is 0 Å². The summed E-state index contributed by atoms with van der Waals surface area (Å²) in [5.41, 5.74) is 1.99. The molecule has 6 heteroatoms. The molecule has 2 atom stereocenters. The minimum atomic E-state index is -0.618. The first-order chi connectivity index (χ1) is 9.24. The number of anilines is 1. The van der Waals surface area contributed by atoms with Gasteiger partial charge in [-0.2, -0.15) is 0 Å². The van der Waals surface area contributed by atoms with E-state index >= 15 is 0 Å². The van der Waals surface area contributed by atoms with Crippen LogP contribution in [-0.4, -0.2) is 22.2 Å². The van der Waals surface area contributed by atoms with E-state index in [1.165, 1.54) is 12.5 Å². The molecule has 1 aliphatic carbocycles. The molecule has 3 rings (SSSR count). The summed E-state index contributed by atoms with van der Waals surface area (Å²) < 4.78 is 4.92. The number of carbonyl (C=O) groups excluding carboxylic acids is 1. The number of oxazole rings is 1. The highest BCUT2D eigenvalue weighted by Crippen LogP contribution is 2.31. The average Bonchev–Trinajstić information content (AvgIpc) is 2.99. The second-order valence-corrected chi connectivity index (χ2v) is 4.38. The Morgan fingerprint density at radius 1 is 1.42 bits per heavy atom. The number of amides is 2. The van der Waals surface area contributed by atoms with Gasteiger partial charge < -0.3 is 14.8 Å². The van der Waals surface area contributed by atoms with Crippen LogP contribution in [0.4, 0.5) is 10.8 Å². The highest BCUT2D eigenvalue weighted by Gasteiger charge is 2.31. The molecular weight excluding hydrogens is 246 g/mol. The summed E-state index contributed by atoms with van der Waals surface area (Å²) in [7, 11) is 0. The van der Waals surface area contributed by atoms with Gasteiger partial charge in [-0.3, -0.25) is 5.32 Å². The molecule has 2 amide bonds. The fraction of sp³-hybridized carbons (Fsp3) is 0.231. The number of nitrogens with zero attached hydrogens (tertiary/aromatic N) is 1. The van der Waals surface area contributed by atoms with E-state index < -0.39 is 18.2 Å². The van der Waals surface area contributed by atoms with Crippen LogP contribution in [0.5, 0.6) is 0 Å². The number of aliphatic hydroxyl groups is 1. The Morgan fingerprint density at radius 2 is 2.26 bits per heavy atom. The molecule has 1 aliphatic rings. The lowest BCUT2D eigenvalue weighted by Gasteiger charge is -2.17. The normalized spacial score (nSPS) is 20.9. The van der Waals surface area contributed by atoms with Crippen molar-refractivity contribution in [1.82, 2.24) is 10.3 Å². The summed E-state index contributed by atoms with van der Waals surface area (Å²) in [6.07, 6.45) is 2.73. The molecule has 0 radical (unpaired) electrons. The van der Waals surface area contributed by atoms with Crippen LogP contribution >= 0.6 is 0 Å². The van der Waals surface area contributed by atoms with Gasteiger partial charge in [-0.15, -0.1) is 0 Å². The van der Waals surface area contributed by atoms with E-state index in [-0.39, 0.29) is 6.01 Å². The SMILES string of the molecule is O=C(Nc1ncco1)N[C@@H]1c2ccccc2C[C@H]1O. The van der Waals surface area contributed by atoms with Crippen LogP contribution in [0.2, 0.25) is 0 Å². The van der Waals surface area contributed by atoms with E-state index in [0.29, 0.717) is 6.42 Å². The summed E-state index contributed by atoms with van der Waals surface area (Å²) in [6, 6.07) is 6.92. The molecule has 3 N–H and O–H groups in total. The van der Waals surface area contributed by atoms with Crippen molar-refractivity contribution in [1.29, 1.82) is 0 Å². The van der Waals surface area contributed by atoms with Gasteiger partial charge in [0, 0.05) is 6.42 Å². The van der Waals surface area contributed by atoms with Crippen molar-refractivity contribution in [3.05, 3.63) is 47.9 Å². The number of urea groups is 1. The molecule has 1 aromatic carbocycles. The van der Waals surface area contributed by atoms with Crippen LogP contribution in [-0.2, 0) is 6.42 Å². The molecule has 6 nitrogen and oxygen atoms in total. The maximum Gasteiger partial charge on any atom is 0.323 e. The summed E-state index contributed by atoms with van der Waals surface area (Å²) in [4.78, 5) is 15.6. The van der Waals surface area contributed by atoms with Gasteiger partial charge in [0.2, 0.25) is 0 Å². The third kappa shape index (κ3) is 2.30. The van der Waals surface area contributed by atoms with Crippen LogP contribution in [0.15, 0.2) is 41.1 Å². The number of carbonyl (C=O) groups is 1. The number of aliphatic hydroxyl groups excluding tert-OH is 1. The predicted octanol–water partition coefficient (Wildman–Crippen LogP) is 1.45. The number of rotatable bonds is 2. The largest absolute Gasteiger partial charge is 0.432 e. The molecule has 0 spiro atoms. The fourth-order valence-corrected chi connectivity index (χ4v) is 2.31. The predicted molar refractivity (Wildman–Crippen MR) is 67.6 cm³/mol. The zero-order valence-electron chi connectivity index (χ0n) is 10.0. The Kier molecular flexibility index (Phi) is 2.92. The average molecular weight is 259 g/mol. The maximum atomic E-state index is 11.8. The first kappa shape index (κ1) is 11.7. The molecule has 2 aromatic rings. The van der Waals surface area contributed by atoms with Crippen LogP contribution in [0, 0.1) is 0 Å². The molecule has 0 bridgehead atoms. The standard InChI is InChI=1S/C13H13N3O3/c17-10-7-8-3-1-2-4-9(8)11(10)15-12(18)16-13-14-5-6-19-13/h1-6,10-11,17H,7H2,(H2,14,15,16,18)/t10-,11-/m1/s1. The number of nitrogens with one attached hydrogen (secondary N) is 2. The number of aromatic nitrogens is 1. The van der Waals surface area contributed by atoms with Crippen molar-refractivity contribution in [2.24, 2.45) is 0 Å². The monoisotopic (exact) mass is 259 g/mol. The molecule has 19 heavy (non-hydrogen) atoms. The second kappa shape index (κ2) is 4.74. The number of fused-ring (bicyclic) bond motifs is 1. The molecular formula is C13H13N3O3. The van der Waals surface area contributed by atoms with Gasteiger partial charge in [-0.1, -0.05) is 24.3 Å². The summed E-state index contributed by atoms with van der Waals surface area (Å²) in [6.45, 7) is 0. The Bertz CT molecular complexity index is 583. The lowest BCUT2D eigenvalue weighted by Crippen LogP contribution is -2.36. The van der Waals surface area contributed by atoms with Gasteiger partial charge in [0.1, 0.15) is 6.26 Å². The highest BCUT2D eigenvalue weighted by atomic mass is 16.4.